The molecule has 42 heavy (non-hydrogen) atoms. The van der Waals surface area contributed by atoms with Crippen LogP contribution in [-0.2, 0) is 26.3 Å². The number of hydrogen-bond donors (Lipinski definition) is 3. The molecule has 226 valence electrons. The molecule has 0 saturated carbocycles. The number of hydrogen-bond acceptors (Lipinski definition) is 6. The summed E-state index contributed by atoms with van der Waals surface area (Å²) in [6, 6.07) is 17.9. The Bertz CT molecular complexity index is 1310. The number of benzene rings is 2. The Labute approximate surface area is 248 Å². The van der Waals surface area contributed by atoms with Crippen molar-refractivity contribution in [3.05, 3.63) is 78.2 Å². The van der Waals surface area contributed by atoms with E-state index in [1.807, 2.05) is 36.1 Å². The van der Waals surface area contributed by atoms with E-state index in [0.29, 0.717) is 18.8 Å². The van der Waals surface area contributed by atoms with Crippen LogP contribution in [0.3, 0.4) is 0 Å². The average Bonchev–Trinajstić information content (AvgIpc) is 3.69. The number of aromatic nitrogens is 2. The lowest BCUT2D eigenvalue weighted by Gasteiger charge is -2.34. The minimum Gasteiger partial charge on any atom is -0.497 e. The van der Waals surface area contributed by atoms with Crippen molar-refractivity contribution in [2.75, 3.05) is 32.1 Å². The minimum absolute atomic E-state index is 0.0436. The van der Waals surface area contributed by atoms with Crippen molar-refractivity contribution >= 4 is 23.5 Å². The number of ether oxygens (including phenoxy) is 1. The number of nitrogens with one attached hydrogen (secondary N) is 2. The quantitative estimate of drug-likeness (QED) is 0.337. The van der Waals surface area contributed by atoms with E-state index in [0.717, 1.165) is 18.4 Å². The van der Waals surface area contributed by atoms with Crippen LogP contribution in [0.2, 0.25) is 0 Å². The van der Waals surface area contributed by atoms with Gasteiger partial charge in [-0.05, 0) is 63.3 Å². The van der Waals surface area contributed by atoms with Crippen molar-refractivity contribution in [1.82, 2.24) is 19.8 Å². The second-order valence-electron chi connectivity index (χ2n) is 11.2. The second-order valence-corrected chi connectivity index (χ2v) is 11.2. The molecule has 1 aliphatic rings. The summed E-state index contributed by atoms with van der Waals surface area (Å²) >= 11 is 0. The number of methoxy groups -OCH3 is 1. The Morgan fingerprint density at radius 2 is 1.64 bits per heavy atom. The molecular formula is C32H44N6O4. The van der Waals surface area contributed by atoms with Gasteiger partial charge < -0.3 is 30.6 Å². The first kappa shape index (κ1) is 32.3. The summed E-state index contributed by atoms with van der Waals surface area (Å²) < 4.78 is 6.96. The van der Waals surface area contributed by atoms with Gasteiger partial charge in [-0.3, -0.25) is 14.4 Å². The van der Waals surface area contributed by atoms with Crippen molar-refractivity contribution < 1.29 is 19.1 Å². The summed E-state index contributed by atoms with van der Waals surface area (Å²) in [4.78, 5) is 43.9. The highest BCUT2D eigenvalue weighted by atomic mass is 16.5. The maximum absolute atomic E-state index is 13.6. The fraction of sp³-hybridized carbons (Fsp3) is 0.438. The molecule has 0 radical (unpaired) electrons. The number of amides is 3. The third kappa shape index (κ3) is 8.42. The van der Waals surface area contributed by atoms with Gasteiger partial charge in [0.25, 0.3) is 5.91 Å². The highest BCUT2D eigenvalue weighted by Crippen LogP contribution is 2.32. The molecule has 0 bridgehead atoms. The van der Waals surface area contributed by atoms with E-state index in [9.17, 15) is 14.4 Å². The Hall–Kier alpha value is -4.18. The van der Waals surface area contributed by atoms with E-state index in [1.54, 1.807) is 31.7 Å². The number of anilines is 1. The molecular weight excluding hydrogens is 532 g/mol. The smallest absolute Gasteiger partial charge is 0.253 e. The molecule has 4 rings (SSSR count). The number of likely N-dealkylation sites (tertiary alicyclic amines) is 1. The number of nitrogens with zero attached hydrogens (tertiary/aromatic N) is 3. The molecule has 1 atom stereocenters. The second kappa shape index (κ2) is 14.6. The summed E-state index contributed by atoms with van der Waals surface area (Å²) in [6.45, 7) is 8.33. The highest BCUT2D eigenvalue weighted by molar-refractivity contribution is 5.95. The van der Waals surface area contributed by atoms with Crippen LogP contribution in [-0.4, -0.2) is 64.5 Å². The van der Waals surface area contributed by atoms with E-state index >= 15 is 0 Å². The topological polar surface area (TPSA) is 132 Å². The van der Waals surface area contributed by atoms with Crippen LogP contribution < -0.4 is 21.1 Å². The Kier molecular flexibility index (Phi) is 11.3. The first-order valence-corrected chi connectivity index (χ1v) is 14.4. The Balaban J connectivity index is 0.000000458. The van der Waals surface area contributed by atoms with Gasteiger partial charge in [0.1, 0.15) is 11.3 Å². The third-order valence-electron chi connectivity index (χ3n) is 7.20. The molecule has 3 aromatic rings. The van der Waals surface area contributed by atoms with Gasteiger partial charge >= 0.3 is 0 Å². The summed E-state index contributed by atoms with van der Waals surface area (Å²) in [5.74, 6) is 0.0328. The SMILES string of the molecule is CCCc1ccccc1.COc1ccc([C@](C)(C(=O)N2CCCC2)n2cnc(NC(=O)CNC(=O)C(C)(C)N)c2)cc1. The zero-order valence-corrected chi connectivity index (χ0v) is 25.4. The molecule has 2 aromatic carbocycles. The number of carbonyl (C=O) groups excluding carboxylic acids is 3. The lowest BCUT2D eigenvalue weighted by molar-refractivity contribution is -0.137. The van der Waals surface area contributed by atoms with E-state index in [1.165, 1.54) is 24.7 Å². The van der Waals surface area contributed by atoms with Crippen LogP contribution in [0.25, 0.3) is 0 Å². The summed E-state index contributed by atoms with van der Waals surface area (Å²) in [5, 5.41) is 5.14. The minimum atomic E-state index is -1.09. The first-order chi connectivity index (χ1) is 20.0. The van der Waals surface area contributed by atoms with E-state index < -0.39 is 22.9 Å². The Morgan fingerprint density at radius 3 is 2.21 bits per heavy atom. The number of nitrogens with two attached hydrogens (primary N) is 1. The third-order valence-corrected chi connectivity index (χ3v) is 7.20. The van der Waals surface area contributed by atoms with Crippen LogP contribution in [0.1, 0.15) is 58.1 Å². The predicted molar refractivity (Wildman–Crippen MR) is 164 cm³/mol. The maximum Gasteiger partial charge on any atom is 0.253 e. The van der Waals surface area contributed by atoms with Crippen LogP contribution >= 0.6 is 0 Å². The normalized spacial score (nSPS) is 14.3. The highest BCUT2D eigenvalue weighted by Gasteiger charge is 2.41. The molecule has 0 unspecified atom stereocenters. The van der Waals surface area contributed by atoms with Crippen molar-refractivity contribution in [3.8, 4) is 5.75 Å². The van der Waals surface area contributed by atoms with E-state index in [2.05, 4.69) is 52.9 Å². The number of carbonyl (C=O) groups is 3. The number of aryl methyl sites for hydroxylation is 1. The lowest BCUT2D eigenvalue weighted by atomic mass is 9.90. The maximum atomic E-state index is 13.6. The molecule has 4 N–H and O–H groups in total. The molecule has 10 nitrogen and oxygen atoms in total. The Morgan fingerprint density at radius 1 is 1.00 bits per heavy atom. The van der Waals surface area contributed by atoms with Gasteiger partial charge in [-0.25, -0.2) is 4.98 Å². The number of rotatable bonds is 10. The van der Waals surface area contributed by atoms with E-state index in [4.69, 9.17) is 10.5 Å². The van der Waals surface area contributed by atoms with Gasteiger partial charge in [0.15, 0.2) is 5.82 Å². The molecule has 1 saturated heterocycles. The largest absolute Gasteiger partial charge is 0.497 e. The zero-order valence-electron chi connectivity index (χ0n) is 25.4. The summed E-state index contributed by atoms with van der Waals surface area (Å²) in [7, 11) is 1.59. The lowest BCUT2D eigenvalue weighted by Crippen LogP contribution is -2.50. The van der Waals surface area contributed by atoms with Crippen molar-refractivity contribution in [1.29, 1.82) is 0 Å². The van der Waals surface area contributed by atoms with Gasteiger partial charge in [-0.1, -0.05) is 55.8 Å². The van der Waals surface area contributed by atoms with Gasteiger partial charge in [0.2, 0.25) is 11.8 Å². The molecule has 1 fully saturated rings. The van der Waals surface area contributed by atoms with Crippen LogP contribution in [0.5, 0.6) is 5.75 Å². The summed E-state index contributed by atoms with van der Waals surface area (Å²) in [6.07, 6.45) is 7.53. The molecule has 1 aliphatic heterocycles. The van der Waals surface area contributed by atoms with Gasteiger partial charge in [0.05, 0.1) is 25.5 Å². The molecule has 1 aromatic heterocycles. The molecule has 3 amide bonds. The van der Waals surface area contributed by atoms with Crippen molar-refractivity contribution in [2.24, 2.45) is 5.73 Å². The predicted octanol–water partition coefficient (Wildman–Crippen LogP) is 3.71. The average molecular weight is 577 g/mol. The van der Waals surface area contributed by atoms with Crippen LogP contribution in [0.4, 0.5) is 5.82 Å². The molecule has 2 heterocycles. The monoisotopic (exact) mass is 576 g/mol. The zero-order chi connectivity index (χ0) is 30.8. The number of imidazole rings is 1. The van der Waals surface area contributed by atoms with Crippen molar-refractivity contribution in [3.63, 3.8) is 0 Å². The van der Waals surface area contributed by atoms with Crippen LogP contribution in [0, 0.1) is 0 Å². The molecule has 0 aliphatic carbocycles. The van der Waals surface area contributed by atoms with Crippen LogP contribution in [0.15, 0.2) is 67.1 Å². The summed E-state index contributed by atoms with van der Waals surface area (Å²) in [5.41, 5.74) is 5.78. The van der Waals surface area contributed by atoms with Gasteiger partial charge in [-0.2, -0.15) is 0 Å². The first-order valence-electron chi connectivity index (χ1n) is 14.4. The van der Waals surface area contributed by atoms with Gasteiger partial charge in [0, 0.05) is 19.3 Å². The molecule has 0 spiro atoms. The fourth-order valence-electron chi connectivity index (χ4n) is 4.67. The standard InChI is InChI=1S/C23H32N6O4.C9H12/c1-22(2,24)20(31)25-13-19(30)27-18-14-29(15-26-18)23(3,21(32)28-11-5-6-12-28)16-7-9-17(33-4)10-8-16;1-2-6-9-7-4-3-5-8-9/h7-10,14-15H,5-6,11-13,24H2,1-4H3,(H,25,31)(H,27,30);3-5,7-8H,2,6H2,1H3/t23-;/m1./s1. The molecule has 10 heteroatoms. The van der Waals surface area contributed by atoms with E-state index in [-0.39, 0.29) is 18.3 Å². The van der Waals surface area contributed by atoms with Gasteiger partial charge in [-0.15, -0.1) is 0 Å². The fourth-order valence-corrected chi connectivity index (χ4v) is 4.67. The van der Waals surface area contributed by atoms with Crippen molar-refractivity contribution in [2.45, 2.75) is 64.5 Å².